The molecule has 5 nitrogen and oxygen atoms in total. The van der Waals surface area contributed by atoms with E-state index in [-0.39, 0.29) is 28.5 Å². The van der Waals surface area contributed by atoms with Crippen LogP contribution < -0.4 is 5.32 Å². The van der Waals surface area contributed by atoms with Gasteiger partial charge in [-0.25, -0.2) is 9.18 Å². The van der Waals surface area contributed by atoms with Crippen molar-refractivity contribution in [1.82, 2.24) is 4.98 Å². The quantitative estimate of drug-likeness (QED) is 0.564. The lowest BCUT2D eigenvalue weighted by Crippen LogP contribution is -2.15. The number of aromatic nitrogens is 1. The molecule has 3 aromatic rings. The molecule has 25 heavy (non-hydrogen) atoms. The predicted octanol–water partition coefficient (Wildman–Crippen LogP) is 4.61. The highest BCUT2D eigenvalue weighted by Crippen LogP contribution is 2.36. The molecule has 3 N–H and O–H groups in total. The number of carboxylic acid groups (broad SMARTS) is 1. The lowest BCUT2D eigenvalue weighted by molar-refractivity contribution is 0.0692. The number of aromatic amines is 1. The third-order valence-corrected chi connectivity index (χ3v) is 4.12. The van der Waals surface area contributed by atoms with Crippen LogP contribution in [0.5, 0.6) is 0 Å². The molecule has 0 aliphatic heterocycles. The molecule has 0 bridgehead atoms. The van der Waals surface area contributed by atoms with Crippen LogP contribution in [0, 0.1) is 5.82 Å². The fraction of sp³-hybridized carbons (Fsp3) is 0.0588. The molecule has 8 heteroatoms. The van der Waals surface area contributed by atoms with E-state index in [1.165, 1.54) is 30.3 Å². The Hall–Kier alpha value is -2.57. The number of Topliss-reactive ketones (excluding diaryl/α,β-unsaturated/α-hetero) is 1. The van der Waals surface area contributed by atoms with E-state index >= 15 is 0 Å². The van der Waals surface area contributed by atoms with Crippen LogP contribution in [0.15, 0.2) is 36.4 Å². The molecule has 0 fully saturated rings. The van der Waals surface area contributed by atoms with Gasteiger partial charge in [0, 0.05) is 16.0 Å². The van der Waals surface area contributed by atoms with Gasteiger partial charge in [0.25, 0.3) is 0 Å². The van der Waals surface area contributed by atoms with E-state index in [0.29, 0.717) is 15.9 Å². The molecule has 0 saturated heterocycles. The Bertz CT molecular complexity index is 1000. The van der Waals surface area contributed by atoms with Crippen LogP contribution in [0.4, 0.5) is 10.1 Å². The number of anilines is 1. The Morgan fingerprint density at radius 2 is 1.96 bits per heavy atom. The number of nitrogens with one attached hydrogen (secondary N) is 2. The van der Waals surface area contributed by atoms with Gasteiger partial charge in [-0.1, -0.05) is 35.3 Å². The van der Waals surface area contributed by atoms with Gasteiger partial charge < -0.3 is 15.4 Å². The molecular weight excluding hydrogens is 370 g/mol. The predicted molar refractivity (Wildman–Crippen MR) is 94.5 cm³/mol. The maximum absolute atomic E-state index is 13.2. The van der Waals surface area contributed by atoms with Gasteiger partial charge in [0.05, 0.1) is 22.8 Å². The van der Waals surface area contributed by atoms with Crippen molar-refractivity contribution in [3.63, 3.8) is 0 Å². The Balaban J connectivity index is 1.96. The van der Waals surface area contributed by atoms with Gasteiger partial charge in [0.15, 0.2) is 5.78 Å². The first-order valence-corrected chi connectivity index (χ1v) is 7.89. The van der Waals surface area contributed by atoms with Gasteiger partial charge in [0.1, 0.15) is 11.5 Å². The third kappa shape index (κ3) is 3.45. The monoisotopic (exact) mass is 380 g/mol. The Kier molecular flexibility index (Phi) is 4.65. The van der Waals surface area contributed by atoms with Crippen molar-refractivity contribution >= 4 is 51.5 Å². The average molecular weight is 381 g/mol. The van der Waals surface area contributed by atoms with Crippen LogP contribution >= 0.6 is 23.2 Å². The van der Waals surface area contributed by atoms with Crippen LogP contribution in [0.25, 0.3) is 10.9 Å². The number of carbonyl (C=O) groups is 2. The molecule has 0 saturated carbocycles. The lowest BCUT2D eigenvalue weighted by atomic mass is 10.1. The number of carbonyl (C=O) groups excluding carboxylic acids is 1. The fourth-order valence-electron chi connectivity index (χ4n) is 2.52. The van der Waals surface area contributed by atoms with Gasteiger partial charge in [-0.3, -0.25) is 4.79 Å². The molecule has 1 aromatic heterocycles. The van der Waals surface area contributed by atoms with Gasteiger partial charge in [0.2, 0.25) is 0 Å². The standard InChI is InChI=1S/C17H11Cl2FN2O3/c18-9-5-11(19)14-12(6-9)22-16(17(24)25)15(14)21-7-13(23)8-2-1-3-10(20)4-8/h1-6,21-22H,7H2,(H,24,25). The first-order valence-electron chi connectivity index (χ1n) is 7.13. The van der Waals surface area contributed by atoms with Crippen molar-refractivity contribution in [2.24, 2.45) is 0 Å². The second-order valence-electron chi connectivity index (χ2n) is 5.28. The average Bonchev–Trinajstić information content (AvgIpc) is 2.91. The highest BCUT2D eigenvalue weighted by Gasteiger charge is 2.20. The minimum atomic E-state index is -1.22. The summed E-state index contributed by atoms with van der Waals surface area (Å²) in [6.45, 7) is -0.227. The zero-order chi connectivity index (χ0) is 18.1. The van der Waals surface area contributed by atoms with Crippen LogP contribution in [0.1, 0.15) is 20.8 Å². The largest absolute Gasteiger partial charge is 0.477 e. The van der Waals surface area contributed by atoms with E-state index in [4.69, 9.17) is 23.2 Å². The molecule has 1 heterocycles. The highest BCUT2D eigenvalue weighted by molar-refractivity contribution is 6.40. The van der Waals surface area contributed by atoms with Crippen LogP contribution in [-0.2, 0) is 0 Å². The number of benzene rings is 2. The Morgan fingerprint density at radius 1 is 1.20 bits per heavy atom. The van der Waals surface area contributed by atoms with E-state index < -0.39 is 17.6 Å². The van der Waals surface area contributed by atoms with Crippen molar-refractivity contribution in [3.05, 3.63) is 63.5 Å². The molecule has 0 radical (unpaired) electrons. The summed E-state index contributed by atoms with van der Waals surface area (Å²) in [6.07, 6.45) is 0. The molecule has 0 amide bonds. The van der Waals surface area contributed by atoms with Gasteiger partial charge in [-0.15, -0.1) is 0 Å². The highest BCUT2D eigenvalue weighted by atomic mass is 35.5. The van der Waals surface area contributed by atoms with Gasteiger partial charge in [-0.2, -0.15) is 0 Å². The minimum Gasteiger partial charge on any atom is -0.477 e. The van der Waals surface area contributed by atoms with Crippen molar-refractivity contribution in [1.29, 1.82) is 0 Å². The molecule has 128 valence electrons. The summed E-state index contributed by atoms with van der Waals surface area (Å²) in [4.78, 5) is 26.4. The van der Waals surface area contributed by atoms with Gasteiger partial charge in [-0.05, 0) is 24.3 Å². The number of rotatable bonds is 5. The summed E-state index contributed by atoms with van der Waals surface area (Å²) in [5.41, 5.74) is 0.633. The number of hydrogen-bond acceptors (Lipinski definition) is 3. The van der Waals surface area contributed by atoms with E-state index in [1.54, 1.807) is 0 Å². The maximum atomic E-state index is 13.2. The SMILES string of the molecule is O=C(CNc1c(C(=O)O)[nH]c2cc(Cl)cc(Cl)c12)c1cccc(F)c1. The van der Waals surface area contributed by atoms with Crippen molar-refractivity contribution in [2.75, 3.05) is 11.9 Å². The Labute approximate surface area is 151 Å². The Morgan fingerprint density at radius 3 is 2.64 bits per heavy atom. The van der Waals surface area contributed by atoms with Gasteiger partial charge >= 0.3 is 5.97 Å². The maximum Gasteiger partial charge on any atom is 0.354 e. The summed E-state index contributed by atoms with van der Waals surface area (Å²) in [7, 11) is 0. The fourth-order valence-corrected chi connectivity index (χ4v) is 3.11. The number of aromatic carboxylic acids is 1. The molecule has 0 aliphatic rings. The zero-order valence-corrected chi connectivity index (χ0v) is 14.1. The molecule has 2 aromatic carbocycles. The second kappa shape index (κ2) is 6.74. The molecule has 0 spiro atoms. The van der Waals surface area contributed by atoms with Crippen LogP contribution in [-0.4, -0.2) is 28.4 Å². The topological polar surface area (TPSA) is 82.2 Å². The van der Waals surface area contributed by atoms with Crippen LogP contribution in [0.3, 0.4) is 0 Å². The first kappa shape index (κ1) is 17.3. The molecule has 0 atom stereocenters. The smallest absolute Gasteiger partial charge is 0.354 e. The normalized spacial score (nSPS) is 10.8. The van der Waals surface area contributed by atoms with Crippen molar-refractivity contribution in [2.45, 2.75) is 0 Å². The number of carboxylic acids is 1. The number of ketones is 1. The summed E-state index contributed by atoms with van der Waals surface area (Å²) < 4.78 is 13.2. The van der Waals surface area contributed by atoms with Crippen molar-refractivity contribution in [3.8, 4) is 0 Å². The summed E-state index contributed by atoms with van der Waals surface area (Å²) in [5.74, 6) is -2.14. The van der Waals surface area contributed by atoms with E-state index in [1.807, 2.05) is 0 Å². The molecule has 0 aliphatic carbocycles. The molecule has 0 unspecified atom stereocenters. The minimum absolute atomic E-state index is 0.147. The number of fused-ring (bicyclic) bond motifs is 1. The number of halogens is 3. The molecular formula is C17H11Cl2FN2O3. The number of H-pyrrole nitrogens is 1. The van der Waals surface area contributed by atoms with Crippen LogP contribution in [0.2, 0.25) is 10.0 Å². The molecule has 3 rings (SSSR count). The summed E-state index contributed by atoms with van der Waals surface area (Å²) >= 11 is 12.1. The van der Waals surface area contributed by atoms with E-state index in [9.17, 15) is 19.1 Å². The van der Waals surface area contributed by atoms with E-state index in [0.717, 1.165) is 6.07 Å². The van der Waals surface area contributed by atoms with Crippen molar-refractivity contribution < 1.29 is 19.1 Å². The summed E-state index contributed by atoms with van der Waals surface area (Å²) in [6, 6.07) is 8.27. The van der Waals surface area contributed by atoms with E-state index in [2.05, 4.69) is 10.3 Å². The zero-order valence-electron chi connectivity index (χ0n) is 12.6. The number of hydrogen-bond donors (Lipinski definition) is 3. The lowest BCUT2D eigenvalue weighted by Gasteiger charge is -2.07. The second-order valence-corrected chi connectivity index (χ2v) is 6.12. The third-order valence-electron chi connectivity index (χ3n) is 3.60. The first-order chi connectivity index (χ1) is 11.9. The summed E-state index contributed by atoms with van der Waals surface area (Å²) in [5, 5.41) is 13.1.